The average Bonchev–Trinajstić information content (AvgIpc) is 2.85. The SMILES string of the molecule is CC(C)(C)[Si](OC[C@@H](N=[N+]=[N-])[C@@H](O)[C@@H](O)[C@H](OS(C)(=O)=O)[C@H](O)CO)(c1ccccc1)c1ccccc1. The monoisotopic (exact) mass is 553 g/mol. The minimum absolute atomic E-state index is 0.337. The molecule has 13 heteroatoms. The van der Waals surface area contributed by atoms with Crippen LogP contribution in [0.5, 0.6) is 0 Å². The van der Waals surface area contributed by atoms with E-state index in [0.717, 1.165) is 10.4 Å². The first-order valence-electron chi connectivity index (χ1n) is 11.6. The highest BCUT2D eigenvalue weighted by Gasteiger charge is 2.51. The second-order valence-corrected chi connectivity index (χ2v) is 15.6. The Morgan fingerprint density at radius 1 is 0.973 bits per heavy atom. The number of hydrogen-bond donors (Lipinski definition) is 4. The minimum atomic E-state index is -4.19. The molecule has 0 aliphatic carbocycles. The molecular weight excluding hydrogens is 518 g/mol. The molecule has 2 rings (SSSR count). The molecule has 204 valence electrons. The minimum Gasteiger partial charge on any atom is -0.407 e. The molecule has 0 aliphatic heterocycles. The molecule has 0 bridgehead atoms. The molecule has 0 saturated carbocycles. The largest absolute Gasteiger partial charge is 0.407 e. The van der Waals surface area contributed by atoms with Crippen LogP contribution >= 0.6 is 0 Å². The maximum atomic E-state index is 11.7. The first-order chi connectivity index (χ1) is 17.3. The second-order valence-electron chi connectivity index (χ2n) is 9.74. The van der Waals surface area contributed by atoms with Crippen LogP contribution in [0.2, 0.25) is 5.04 Å². The van der Waals surface area contributed by atoms with Crippen LogP contribution in [0.15, 0.2) is 65.8 Å². The molecule has 0 spiro atoms. The Hall–Kier alpha value is -2.32. The molecule has 0 radical (unpaired) electrons. The van der Waals surface area contributed by atoms with Gasteiger partial charge in [0.1, 0.15) is 18.3 Å². The van der Waals surface area contributed by atoms with E-state index in [9.17, 15) is 34.4 Å². The lowest BCUT2D eigenvalue weighted by Crippen LogP contribution is -2.67. The Bertz CT molecular complexity index is 1100. The van der Waals surface area contributed by atoms with Crippen LogP contribution in [0.4, 0.5) is 0 Å². The number of aliphatic hydroxyl groups excluding tert-OH is 4. The highest BCUT2D eigenvalue weighted by Crippen LogP contribution is 2.37. The smallest absolute Gasteiger partial charge is 0.264 e. The molecule has 0 amide bonds. The highest BCUT2D eigenvalue weighted by atomic mass is 32.2. The van der Waals surface area contributed by atoms with Crippen LogP contribution < -0.4 is 10.4 Å². The summed E-state index contributed by atoms with van der Waals surface area (Å²) < 4.78 is 34.7. The summed E-state index contributed by atoms with van der Waals surface area (Å²) in [6, 6.07) is 17.7. The van der Waals surface area contributed by atoms with Gasteiger partial charge in [0.2, 0.25) is 0 Å². The van der Waals surface area contributed by atoms with Crippen LogP contribution in [-0.4, -0.2) is 87.1 Å². The summed E-state index contributed by atoms with van der Waals surface area (Å²) in [5.41, 5.74) is 9.18. The molecule has 0 heterocycles. The fourth-order valence-electron chi connectivity index (χ4n) is 4.31. The van der Waals surface area contributed by atoms with E-state index in [1.54, 1.807) is 0 Å². The number of benzene rings is 2. The fraction of sp³-hybridized carbons (Fsp3) is 0.500. The number of azide groups is 1. The van der Waals surface area contributed by atoms with Crippen molar-refractivity contribution in [1.82, 2.24) is 0 Å². The Labute approximate surface area is 218 Å². The lowest BCUT2D eigenvalue weighted by molar-refractivity contribution is -0.108. The third kappa shape index (κ3) is 7.60. The van der Waals surface area contributed by atoms with Crippen LogP contribution in [0.25, 0.3) is 10.4 Å². The normalized spacial score (nSPS) is 16.8. The van der Waals surface area contributed by atoms with Gasteiger partial charge in [-0.1, -0.05) is 86.5 Å². The van der Waals surface area contributed by atoms with E-state index >= 15 is 0 Å². The summed E-state index contributed by atoms with van der Waals surface area (Å²) in [7, 11) is -7.30. The molecule has 0 saturated heterocycles. The van der Waals surface area contributed by atoms with Crippen molar-refractivity contribution in [2.45, 2.75) is 56.3 Å². The maximum Gasteiger partial charge on any atom is 0.264 e. The van der Waals surface area contributed by atoms with Gasteiger partial charge in [0.25, 0.3) is 18.4 Å². The topological polar surface area (TPSA) is 182 Å². The van der Waals surface area contributed by atoms with Crippen molar-refractivity contribution in [2.75, 3.05) is 19.5 Å². The van der Waals surface area contributed by atoms with Crippen LogP contribution in [0.3, 0.4) is 0 Å². The van der Waals surface area contributed by atoms with E-state index in [1.807, 2.05) is 81.4 Å². The lowest BCUT2D eigenvalue weighted by Gasteiger charge is -2.44. The second kappa shape index (κ2) is 13.0. The molecule has 0 aliphatic rings. The molecule has 37 heavy (non-hydrogen) atoms. The van der Waals surface area contributed by atoms with Crippen molar-refractivity contribution >= 4 is 28.8 Å². The van der Waals surface area contributed by atoms with Gasteiger partial charge in [-0.3, -0.25) is 4.18 Å². The zero-order valence-corrected chi connectivity index (χ0v) is 23.1. The molecule has 2 aromatic carbocycles. The molecule has 0 unspecified atom stereocenters. The maximum absolute atomic E-state index is 11.7. The van der Waals surface area contributed by atoms with Gasteiger partial charge in [-0.15, -0.1) is 0 Å². The number of hydrogen-bond acceptors (Lipinski definition) is 9. The predicted octanol–water partition coefficient (Wildman–Crippen LogP) is 0.662. The quantitative estimate of drug-likeness (QED) is 0.0917. The van der Waals surface area contributed by atoms with Gasteiger partial charge in [0.05, 0.1) is 25.0 Å². The average molecular weight is 554 g/mol. The Balaban J connectivity index is 2.51. The van der Waals surface area contributed by atoms with Gasteiger partial charge in [-0.25, -0.2) is 0 Å². The molecule has 2 aromatic rings. The lowest BCUT2D eigenvalue weighted by atomic mass is 9.99. The first kappa shape index (κ1) is 30.9. The summed E-state index contributed by atoms with van der Waals surface area (Å²) >= 11 is 0. The predicted molar refractivity (Wildman–Crippen MR) is 141 cm³/mol. The molecule has 11 nitrogen and oxygen atoms in total. The van der Waals surface area contributed by atoms with Crippen LogP contribution in [0, 0.1) is 0 Å². The van der Waals surface area contributed by atoms with Gasteiger partial charge in [-0.2, -0.15) is 8.42 Å². The van der Waals surface area contributed by atoms with Crippen LogP contribution in [-0.2, 0) is 18.7 Å². The van der Waals surface area contributed by atoms with E-state index in [-0.39, 0.29) is 6.61 Å². The third-order valence-corrected chi connectivity index (χ3v) is 11.6. The zero-order valence-electron chi connectivity index (χ0n) is 21.2. The Kier molecular flexibility index (Phi) is 10.8. The molecular formula is C24H35N3O8SSi. The van der Waals surface area contributed by atoms with E-state index in [1.165, 1.54) is 0 Å². The highest BCUT2D eigenvalue weighted by molar-refractivity contribution is 7.86. The summed E-state index contributed by atoms with van der Waals surface area (Å²) in [5, 5.41) is 46.0. The Morgan fingerprint density at radius 2 is 1.46 bits per heavy atom. The van der Waals surface area contributed by atoms with Crippen molar-refractivity contribution in [1.29, 1.82) is 0 Å². The zero-order chi connectivity index (χ0) is 27.9. The van der Waals surface area contributed by atoms with Gasteiger partial charge in [-0.05, 0) is 20.9 Å². The van der Waals surface area contributed by atoms with Gasteiger partial charge in [0.15, 0.2) is 0 Å². The molecule has 5 atom stereocenters. The Morgan fingerprint density at radius 3 is 1.84 bits per heavy atom. The molecule has 4 N–H and O–H groups in total. The fourth-order valence-corrected chi connectivity index (χ4v) is 9.54. The number of rotatable bonds is 13. The molecule has 0 fully saturated rings. The van der Waals surface area contributed by atoms with Gasteiger partial charge >= 0.3 is 0 Å². The van der Waals surface area contributed by atoms with E-state index in [2.05, 4.69) is 10.0 Å². The first-order valence-corrected chi connectivity index (χ1v) is 15.3. The van der Waals surface area contributed by atoms with Crippen molar-refractivity contribution in [2.24, 2.45) is 5.11 Å². The van der Waals surface area contributed by atoms with Gasteiger partial charge < -0.3 is 24.9 Å². The van der Waals surface area contributed by atoms with Crippen molar-refractivity contribution in [3.8, 4) is 0 Å². The standard InChI is InChI=1S/C24H35N3O8SSi/c1-24(2,3)37(17-11-7-5-8-12-17,18-13-9-6-10-14-18)34-16-19(26-27-25)21(30)22(31)23(20(29)15-28)35-36(4,32)33/h5-14,19-23,28-31H,15-16H2,1-4H3/t19-,20-,21-,22-,23-/m1/s1. The molecule has 0 aromatic heterocycles. The van der Waals surface area contributed by atoms with E-state index < -0.39 is 60.5 Å². The van der Waals surface area contributed by atoms with E-state index in [0.29, 0.717) is 6.26 Å². The van der Waals surface area contributed by atoms with Crippen molar-refractivity contribution in [3.05, 3.63) is 71.1 Å². The summed E-state index contributed by atoms with van der Waals surface area (Å²) in [6.07, 6.45) is -7.01. The van der Waals surface area contributed by atoms with E-state index in [4.69, 9.17) is 8.61 Å². The van der Waals surface area contributed by atoms with Crippen molar-refractivity contribution in [3.63, 3.8) is 0 Å². The number of nitrogens with zero attached hydrogens (tertiary/aromatic N) is 3. The van der Waals surface area contributed by atoms with Crippen LogP contribution in [0.1, 0.15) is 20.8 Å². The summed E-state index contributed by atoms with van der Waals surface area (Å²) in [4.78, 5) is 2.77. The third-order valence-electron chi connectivity index (χ3n) is 6.02. The summed E-state index contributed by atoms with van der Waals surface area (Å²) in [5.74, 6) is 0. The van der Waals surface area contributed by atoms with Crippen molar-refractivity contribution < 1.29 is 37.5 Å². The number of aliphatic hydroxyl groups is 4. The summed E-state index contributed by atoms with van der Waals surface area (Å²) in [6.45, 7) is 4.80. The van der Waals surface area contributed by atoms with Gasteiger partial charge in [0, 0.05) is 11.5 Å².